The highest BCUT2D eigenvalue weighted by Crippen LogP contribution is 2.21. The topological polar surface area (TPSA) is 32.3 Å². The fourth-order valence-corrected chi connectivity index (χ4v) is 2.94. The highest BCUT2D eigenvalue weighted by molar-refractivity contribution is 5.94. The molecule has 1 amide bonds. The molecule has 1 aromatic rings. The highest BCUT2D eigenvalue weighted by atomic mass is 19.1. The van der Waals surface area contributed by atoms with E-state index >= 15 is 0 Å². The second-order valence-corrected chi connectivity index (χ2v) is 5.89. The number of halogens is 1. The first-order chi connectivity index (χ1) is 10.2. The molecule has 0 radical (unpaired) electrons. The van der Waals surface area contributed by atoms with Gasteiger partial charge in [0.15, 0.2) is 0 Å². The van der Waals surface area contributed by atoms with E-state index < -0.39 is 0 Å². The van der Waals surface area contributed by atoms with Crippen LogP contribution in [0, 0.1) is 5.82 Å². The normalized spacial score (nSPS) is 16.1. The second-order valence-electron chi connectivity index (χ2n) is 5.89. The predicted octanol–water partition coefficient (Wildman–Crippen LogP) is 3.21. The lowest BCUT2D eigenvalue weighted by molar-refractivity contribution is 0.0950. The van der Waals surface area contributed by atoms with Crippen molar-refractivity contribution in [3.05, 3.63) is 35.6 Å². The Bertz CT molecular complexity index is 441. The summed E-state index contributed by atoms with van der Waals surface area (Å²) < 4.78 is 12.8. The van der Waals surface area contributed by atoms with Gasteiger partial charge in [-0.05, 0) is 57.1 Å². The second kappa shape index (κ2) is 8.13. The smallest absolute Gasteiger partial charge is 0.251 e. The van der Waals surface area contributed by atoms with Crippen LogP contribution in [0.15, 0.2) is 24.3 Å². The number of hydrogen-bond acceptors (Lipinski definition) is 2. The van der Waals surface area contributed by atoms with E-state index in [9.17, 15) is 9.18 Å². The van der Waals surface area contributed by atoms with Crippen LogP contribution in [0.2, 0.25) is 0 Å². The van der Waals surface area contributed by atoms with Crippen molar-refractivity contribution < 1.29 is 9.18 Å². The number of nitrogens with one attached hydrogen (secondary N) is 1. The van der Waals surface area contributed by atoms with Crippen molar-refractivity contribution in [1.29, 1.82) is 0 Å². The zero-order valence-corrected chi connectivity index (χ0v) is 12.8. The van der Waals surface area contributed by atoms with Crippen molar-refractivity contribution in [3.8, 4) is 0 Å². The lowest BCUT2D eigenvalue weighted by Crippen LogP contribution is -2.35. The molecule has 0 heterocycles. The van der Waals surface area contributed by atoms with Gasteiger partial charge in [0.1, 0.15) is 5.82 Å². The number of hydrogen-bond donors (Lipinski definition) is 1. The van der Waals surface area contributed by atoms with Crippen molar-refractivity contribution in [3.63, 3.8) is 0 Å². The summed E-state index contributed by atoms with van der Waals surface area (Å²) >= 11 is 0. The van der Waals surface area contributed by atoms with Gasteiger partial charge >= 0.3 is 0 Å². The van der Waals surface area contributed by atoms with Crippen molar-refractivity contribution in [2.45, 2.75) is 44.6 Å². The number of amides is 1. The third kappa shape index (κ3) is 5.12. The highest BCUT2D eigenvalue weighted by Gasteiger charge is 2.17. The summed E-state index contributed by atoms with van der Waals surface area (Å²) in [5.41, 5.74) is 0.511. The van der Waals surface area contributed by atoms with Crippen LogP contribution in [0.5, 0.6) is 0 Å². The van der Waals surface area contributed by atoms with Gasteiger partial charge in [0, 0.05) is 18.2 Å². The quantitative estimate of drug-likeness (QED) is 0.817. The fraction of sp³-hybridized carbons (Fsp3) is 0.588. The standard InChI is InChI=1S/C17H25FN2O/c1-20(16-6-3-2-4-7-16)13-5-12-19-17(21)14-8-10-15(18)11-9-14/h8-11,16H,2-7,12-13H2,1H3,(H,19,21). The van der Waals surface area contributed by atoms with E-state index in [0.717, 1.165) is 13.0 Å². The van der Waals surface area contributed by atoms with Crippen molar-refractivity contribution in [2.75, 3.05) is 20.1 Å². The van der Waals surface area contributed by atoms with Crippen LogP contribution >= 0.6 is 0 Å². The first-order valence-electron chi connectivity index (χ1n) is 7.91. The number of benzene rings is 1. The van der Waals surface area contributed by atoms with Crippen molar-refractivity contribution >= 4 is 5.91 Å². The lowest BCUT2D eigenvalue weighted by Gasteiger charge is -2.31. The minimum Gasteiger partial charge on any atom is -0.352 e. The maximum absolute atomic E-state index is 12.8. The van der Waals surface area contributed by atoms with Gasteiger partial charge in [0.2, 0.25) is 0 Å². The molecule has 0 saturated heterocycles. The molecule has 0 bridgehead atoms. The molecule has 21 heavy (non-hydrogen) atoms. The van der Waals surface area contributed by atoms with Crippen LogP contribution in [0.1, 0.15) is 48.9 Å². The number of carbonyl (C=O) groups excluding carboxylic acids is 1. The molecule has 1 aromatic carbocycles. The van der Waals surface area contributed by atoms with Crippen molar-refractivity contribution in [2.24, 2.45) is 0 Å². The molecule has 1 aliphatic rings. The molecular weight excluding hydrogens is 267 g/mol. The Morgan fingerprint density at radius 1 is 1.24 bits per heavy atom. The third-order valence-electron chi connectivity index (χ3n) is 4.28. The molecule has 2 rings (SSSR count). The summed E-state index contributed by atoms with van der Waals surface area (Å²) in [6, 6.07) is 6.36. The van der Waals surface area contributed by atoms with Gasteiger partial charge in [-0.25, -0.2) is 4.39 Å². The summed E-state index contributed by atoms with van der Waals surface area (Å²) in [7, 11) is 2.18. The van der Waals surface area contributed by atoms with E-state index in [1.165, 1.54) is 56.4 Å². The Balaban J connectivity index is 1.64. The molecule has 3 nitrogen and oxygen atoms in total. The van der Waals surface area contributed by atoms with Crippen LogP contribution < -0.4 is 5.32 Å². The minimum absolute atomic E-state index is 0.129. The molecular formula is C17H25FN2O. The van der Waals surface area contributed by atoms with Gasteiger partial charge in [0.25, 0.3) is 5.91 Å². The van der Waals surface area contributed by atoms with Gasteiger partial charge in [-0.3, -0.25) is 4.79 Å². The van der Waals surface area contributed by atoms with E-state index in [1.807, 2.05) is 0 Å². The molecule has 116 valence electrons. The Labute approximate surface area is 126 Å². The van der Waals surface area contributed by atoms with Crippen LogP contribution in [0.4, 0.5) is 4.39 Å². The van der Waals surface area contributed by atoms with E-state index in [-0.39, 0.29) is 11.7 Å². The molecule has 1 saturated carbocycles. The molecule has 1 N–H and O–H groups in total. The average Bonchev–Trinajstić information content (AvgIpc) is 2.52. The summed E-state index contributed by atoms with van der Waals surface area (Å²) in [5.74, 6) is -0.448. The van der Waals surface area contributed by atoms with E-state index in [0.29, 0.717) is 18.2 Å². The molecule has 1 aliphatic carbocycles. The van der Waals surface area contributed by atoms with Gasteiger partial charge in [0.05, 0.1) is 0 Å². The zero-order chi connectivity index (χ0) is 15.1. The zero-order valence-electron chi connectivity index (χ0n) is 12.8. The van der Waals surface area contributed by atoms with Gasteiger partial charge < -0.3 is 10.2 Å². The lowest BCUT2D eigenvalue weighted by atomic mass is 9.94. The fourth-order valence-electron chi connectivity index (χ4n) is 2.94. The van der Waals surface area contributed by atoms with Crippen LogP contribution in [-0.4, -0.2) is 37.0 Å². The maximum atomic E-state index is 12.8. The van der Waals surface area contributed by atoms with E-state index in [4.69, 9.17) is 0 Å². The largest absolute Gasteiger partial charge is 0.352 e. The Morgan fingerprint density at radius 2 is 1.90 bits per heavy atom. The van der Waals surface area contributed by atoms with Crippen molar-refractivity contribution in [1.82, 2.24) is 10.2 Å². The molecule has 0 aromatic heterocycles. The molecule has 0 unspecified atom stereocenters. The van der Waals surface area contributed by atoms with Gasteiger partial charge in [-0.15, -0.1) is 0 Å². The summed E-state index contributed by atoms with van der Waals surface area (Å²) in [6.07, 6.45) is 7.61. The number of carbonyl (C=O) groups is 1. The molecule has 0 aliphatic heterocycles. The Hall–Kier alpha value is -1.42. The third-order valence-corrected chi connectivity index (χ3v) is 4.28. The first-order valence-corrected chi connectivity index (χ1v) is 7.91. The minimum atomic E-state index is -0.319. The number of nitrogens with zero attached hydrogens (tertiary/aromatic N) is 1. The molecule has 0 spiro atoms. The summed E-state index contributed by atoms with van der Waals surface area (Å²) in [4.78, 5) is 14.3. The average molecular weight is 292 g/mol. The Kier molecular flexibility index (Phi) is 6.18. The molecule has 1 fully saturated rings. The number of rotatable bonds is 6. The van der Waals surface area contributed by atoms with Crippen LogP contribution in [-0.2, 0) is 0 Å². The predicted molar refractivity (Wildman–Crippen MR) is 82.9 cm³/mol. The molecule has 0 atom stereocenters. The van der Waals surface area contributed by atoms with Gasteiger partial charge in [-0.2, -0.15) is 0 Å². The summed E-state index contributed by atoms with van der Waals surface area (Å²) in [5, 5.41) is 2.89. The van der Waals surface area contributed by atoms with E-state index in [2.05, 4.69) is 17.3 Å². The van der Waals surface area contributed by atoms with E-state index in [1.54, 1.807) is 0 Å². The first kappa shape index (κ1) is 16.0. The SMILES string of the molecule is CN(CCCNC(=O)c1ccc(F)cc1)C1CCCCC1. The Morgan fingerprint density at radius 3 is 2.57 bits per heavy atom. The van der Waals surface area contributed by atoms with Gasteiger partial charge in [-0.1, -0.05) is 19.3 Å². The maximum Gasteiger partial charge on any atom is 0.251 e. The van der Waals surface area contributed by atoms with Crippen LogP contribution in [0.25, 0.3) is 0 Å². The monoisotopic (exact) mass is 292 g/mol. The van der Waals surface area contributed by atoms with Crippen LogP contribution in [0.3, 0.4) is 0 Å². The molecule has 4 heteroatoms. The summed E-state index contributed by atoms with van der Waals surface area (Å²) in [6.45, 7) is 1.67.